The van der Waals surface area contributed by atoms with Gasteiger partial charge in [-0.2, -0.15) is 0 Å². The van der Waals surface area contributed by atoms with Gasteiger partial charge in [0.15, 0.2) is 0 Å². The average molecular weight is 1230 g/mol. The zero-order chi connectivity index (χ0) is 67.4. The van der Waals surface area contributed by atoms with Gasteiger partial charge in [0.2, 0.25) is 65.0 Å². The highest BCUT2D eigenvalue weighted by molar-refractivity contribution is 5.99. The van der Waals surface area contributed by atoms with E-state index in [2.05, 4.69) is 21.3 Å². The van der Waals surface area contributed by atoms with Crippen LogP contribution in [-0.2, 0) is 57.5 Å². The second-order valence-corrected chi connectivity index (χ2v) is 26.3. The molecule has 0 bridgehead atoms. The predicted octanol–water partition coefficient (Wildman–Crippen LogP) is 3.04. The van der Waals surface area contributed by atoms with Gasteiger partial charge in [-0.15, -0.1) is 0 Å². The Bertz CT molecular complexity index is 2380. The van der Waals surface area contributed by atoms with Crippen molar-refractivity contribution in [3.8, 4) is 0 Å². The molecular weight excluding hydrogens is 1120 g/mol. The number of unbranched alkanes of at least 4 members (excludes halogenated alkanes) is 1. The van der Waals surface area contributed by atoms with E-state index in [0.29, 0.717) is 25.0 Å². The molecule has 87 heavy (non-hydrogen) atoms. The van der Waals surface area contributed by atoms with Crippen LogP contribution in [0.3, 0.4) is 0 Å². The predicted molar refractivity (Wildman–Crippen MR) is 335 cm³/mol. The molecule has 11 atom stereocenters. The minimum atomic E-state index is -1.68. The first-order valence-corrected chi connectivity index (χ1v) is 31.1. The molecule has 5 N–H and O–H groups in total. The Morgan fingerprint density at radius 1 is 0.506 bits per heavy atom. The van der Waals surface area contributed by atoms with Crippen molar-refractivity contribution in [3.05, 3.63) is 11.6 Å². The van der Waals surface area contributed by atoms with E-state index in [1.54, 1.807) is 54.7 Å². The molecule has 1 fully saturated rings. The number of amides is 11. The molecule has 498 valence electrons. The third-order valence-corrected chi connectivity index (χ3v) is 16.2. The number of rotatable bonds is 17. The molecule has 0 aliphatic carbocycles. The van der Waals surface area contributed by atoms with Gasteiger partial charge in [0.25, 0.3) is 0 Å². The van der Waals surface area contributed by atoms with Gasteiger partial charge >= 0.3 is 0 Å². The van der Waals surface area contributed by atoms with E-state index >= 15 is 9.59 Å². The maximum atomic E-state index is 15.2. The number of nitrogens with one attached hydrogen (secondary N) is 4. The molecule has 1 rings (SSSR count). The number of likely N-dealkylation sites (N-methyl/N-ethyl adjacent to an activating group) is 7. The van der Waals surface area contributed by atoms with Crippen molar-refractivity contribution in [1.82, 2.24) is 55.6 Å². The van der Waals surface area contributed by atoms with E-state index in [9.17, 15) is 48.3 Å². The molecule has 0 radical (unpaired) electrons. The monoisotopic (exact) mass is 1230 g/mol. The van der Waals surface area contributed by atoms with E-state index < -0.39 is 150 Å². The van der Waals surface area contributed by atoms with Crippen LogP contribution >= 0.6 is 0 Å². The summed E-state index contributed by atoms with van der Waals surface area (Å²) in [7, 11) is 11.4. The Kier molecular flexibility index (Phi) is 32.9. The summed E-state index contributed by atoms with van der Waals surface area (Å²) in [6, 6.07) is -12.5. The fourth-order valence-electron chi connectivity index (χ4n) is 10.8. The van der Waals surface area contributed by atoms with Gasteiger partial charge in [0.05, 0.1) is 6.54 Å². The van der Waals surface area contributed by atoms with Crippen molar-refractivity contribution in [1.29, 1.82) is 0 Å². The lowest BCUT2D eigenvalue weighted by Crippen LogP contribution is -2.63. The summed E-state index contributed by atoms with van der Waals surface area (Å²) >= 11 is 0. The van der Waals surface area contributed by atoms with Crippen LogP contribution in [0.15, 0.2) is 11.6 Å². The third kappa shape index (κ3) is 22.7. The average Bonchev–Trinajstić information content (AvgIpc) is 1.87. The van der Waals surface area contributed by atoms with Crippen molar-refractivity contribution in [2.24, 2.45) is 35.5 Å². The number of allylic oxidation sites excluding steroid dienone is 1. The second kappa shape index (κ2) is 36.3. The van der Waals surface area contributed by atoms with Crippen molar-refractivity contribution >= 4 is 65.0 Å². The molecule has 11 amide bonds. The Labute approximate surface area is 520 Å². The number of methoxy groups -OCH3 is 1. The van der Waals surface area contributed by atoms with Gasteiger partial charge in [-0.1, -0.05) is 96.1 Å². The molecule has 1 heterocycles. The fraction of sp³-hybridized carbons (Fsp3) is 0.794. The summed E-state index contributed by atoms with van der Waals surface area (Å²) in [6.07, 6.45) is 1.72. The molecule has 0 aromatic rings. The molecule has 24 nitrogen and oxygen atoms in total. The molecule has 0 spiro atoms. The second-order valence-electron chi connectivity index (χ2n) is 26.3. The topological polar surface area (TPSA) is 288 Å². The fourth-order valence-corrected chi connectivity index (χ4v) is 10.8. The molecule has 0 aromatic carbocycles. The summed E-state index contributed by atoms with van der Waals surface area (Å²) in [5.41, 5.74) is 0.335. The summed E-state index contributed by atoms with van der Waals surface area (Å²) in [6.45, 7) is 27.8. The van der Waals surface area contributed by atoms with E-state index in [0.717, 1.165) is 9.80 Å². The van der Waals surface area contributed by atoms with E-state index in [1.807, 2.05) is 55.4 Å². The third-order valence-electron chi connectivity index (χ3n) is 16.2. The number of aliphatic hydroxyl groups is 1. The molecule has 0 saturated carbocycles. The molecule has 1 aliphatic heterocycles. The molecule has 1 saturated heterocycles. The summed E-state index contributed by atoms with van der Waals surface area (Å²) in [5, 5.41) is 23.1. The van der Waals surface area contributed by atoms with Crippen LogP contribution in [-0.4, -0.2) is 241 Å². The van der Waals surface area contributed by atoms with E-state index in [4.69, 9.17) is 4.74 Å². The summed E-state index contributed by atoms with van der Waals surface area (Å²) in [4.78, 5) is 169. The number of carbonyl (C=O) groups excluding carboxylic acids is 11. The molecule has 11 unspecified atom stereocenters. The number of hydrogen-bond donors (Lipinski definition) is 5. The molecular formula is C63H113N11O13. The first-order valence-electron chi connectivity index (χ1n) is 31.1. The number of carbonyl (C=O) groups is 11. The SMILES string of the molecule is CCC1NC(=O)C(C(O)/C(C)=C\CCCOC)N(C)C(=O)C(C(C)C)N(C)C(=O)C(CC(C)C)N(C)C(=O)C(CC(C)C)N(C)C(=O)C(C)NC(=O)C(C)NC(=O)C(CC(C)C)N(C)C(=O)C(C(C)C)NC(=O)C(CC(C)C)N(C)C(=O)CN(C)C1=O. The highest BCUT2D eigenvalue weighted by atomic mass is 16.5. The van der Waals surface area contributed by atoms with Crippen LogP contribution in [0.25, 0.3) is 0 Å². The van der Waals surface area contributed by atoms with Crippen LogP contribution in [0.5, 0.6) is 0 Å². The van der Waals surface area contributed by atoms with E-state index in [-0.39, 0.29) is 55.8 Å². The summed E-state index contributed by atoms with van der Waals surface area (Å²) < 4.78 is 5.20. The number of ether oxygens (including phenoxy) is 1. The first-order chi connectivity index (χ1) is 40.2. The van der Waals surface area contributed by atoms with Gasteiger partial charge in [0.1, 0.15) is 66.5 Å². The van der Waals surface area contributed by atoms with Crippen molar-refractivity contribution < 1.29 is 62.6 Å². The van der Waals surface area contributed by atoms with Gasteiger partial charge in [-0.05, 0) is 107 Å². The highest BCUT2D eigenvalue weighted by Crippen LogP contribution is 2.25. The van der Waals surface area contributed by atoms with Crippen molar-refractivity contribution in [2.45, 2.75) is 222 Å². The Morgan fingerprint density at radius 3 is 1.39 bits per heavy atom. The van der Waals surface area contributed by atoms with Crippen LogP contribution in [0.1, 0.15) is 156 Å². The van der Waals surface area contributed by atoms with Gasteiger partial charge in [-0.25, -0.2) is 0 Å². The quantitative estimate of drug-likeness (QED) is 0.104. The lowest BCUT2D eigenvalue weighted by atomic mass is 9.94. The number of nitrogens with zero attached hydrogens (tertiary/aromatic N) is 7. The molecule has 24 heteroatoms. The Morgan fingerprint density at radius 2 is 0.931 bits per heavy atom. The largest absolute Gasteiger partial charge is 0.386 e. The standard InChI is InChI=1S/C63H113N11O13/c1-25-44-59(82)68(17)34-49(75)69(18)45(30-35(2)3)56(79)67-50(39(10)11)62(85)70(19)46(31-36(4)5)55(78)64-42(15)54(77)65-43(16)58(81)71(20)47(32-37(6)7)60(83)72(21)48(33-38(8)9)61(84)73(22)51(40(12)13)63(86)74(23)52(57(80)66-44)53(76)41(14)28-26-27-29-87-24/h28,35-40,42-48,50-53,76H,25-27,29-34H2,1-24H3,(H,64,78)(H,65,77)(H,66,80)(H,67,79)/b41-28-. The van der Waals surface area contributed by atoms with E-state index in [1.165, 1.54) is 87.7 Å². The molecule has 1 aliphatic rings. The maximum Gasteiger partial charge on any atom is 0.246 e. The zero-order valence-electron chi connectivity index (χ0n) is 57.2. The van der Waals surface area contributed by atoms with Crippen molar-refractivity contribution in [2.75, 3.05) is 69.6 Å². The van der Waals surface area contributed by atoms with Gasteiger partial charge in [-0.3, -0.25) is 52.7 Å². The van der Waals surface area contributed by atoms with Crippen molar-refractivity contribution in [3.63, 3.8) is 0 Å². The Balaban J connectivity index is 4.35. The van der Waals surface area contributed by atoms with Crippen LogP contribution in [0.2, 0.25) is 0 Å². The maximum absolute atomic E-state index is 15.2. The van der Waals surface area contributed by atoms with Crippen LogP contribution in [0, 0.1) is 35.5 Å². The number of aliphatic hydroxyl groups excluding tert-OH is 1. The normalized spacial score (nSPS) is 26.3. The van der Waals surface area contributed by atoms with Gasteiger partial charge < -0.3 is 65.4 Å². The summed E-state index contributed by atoms with van der Waals surface area (Å²) in [5.74, 6) is -9.27. The smallest absolute Gasteiger partial charge is 0.246 e. The Hall–Kier alpha value is -6.17. The van der Waals surface area contributed by atoms with Crippen LogP contribution in [0.4, 0.5) is 0 Å². The highest BCUT2D eigenvalue weighted by Gasteiger charge is 2.45. The van der Waals surface area contributed by atoms with Gasteiger partial charge in [0, 0.05) is 63.1 Å². The minimum absolute atomic E-state index is 0.00671. The van der Waals surface area contributed by atoms with Crippen LogP contribution < -0.4 is 21.3 Å². The lowest BCUT2D eigenvalue weighted by molar-refractivity contribution is -0.156. The lowest BCUT2D eigenvalue weighted by Gasteiger charge is -2.41. The molecule has 0 aromatic heterocycles. The zero-order valence-corrected chi connectivity index (χ0v) is 57.2. The first kappa shape index (κ1) is 78.8. The minimum Gasteiger partial charge on any atom is -0.386 e. The number of hydrogen-bond acceptors (Lipinski definition) is 13.